The topological polar surface area (TPSA) is 70.9 Å². The van der Waals surface area contributed by atoms with Gasteiger partial charge in [-0.2, -0.15) is 4.31 Å². The summed E-state index contributed by atoms with van der Waals surface area (Å²) in [6.07, 6.45) is 1.23. The lowest BCUT2D eigenvalue weighted by Crippen LogP contribution is -3.15. The number of piperidine rings is 1. The summed E-state index contributed by atoms with van der Waals surface area (Å²) in [6, 6.07) is 6.43. The van der Waals surface area contributed by atoms with Crippen LogP contribution in [0, 0.1) is 11.8 Å². The van der Waals surface area contributed by atoms with E-state index >= 15 is 0 Å². The number of benzene rings is 1. The maximum absolute atomic E-state index is 12.5. The predicted molar refractivity (Wildman–Crippen MR) is 104 cm³/mol. The molecule has 2 N–H and O–H groups in total. The van der Waals surface area contributed by atoms with Gasteiger partial charge in [0.05, 0.1) is 18.0 Å². The molecule has 1 aromatic carbocycles. The molecule has 0 aliphatic carbocycles. The zero-order chi connectivity index (χ0) is 19.3. The van der Waals surface area contributed by atoms with E-state index in [2.05, 4.69) is 19.2 Å². The van der Waals surface area contributed by atoms with E-state index < -0.39 is 10.0 Å². The van der Waals surface area contributed by atoms with Gasteiger partial charge in [0.1, 0.15) is 0 Å². The van der Waals surface area contributed by atoms with Crippen LogP contribution in [0.25, 0.3) is 0 Å². The number of amides is 1. The van der Waals surface area contributed by atoms with Gasteiger partial charge in [0, 0.05) is 30.6 Å². The lowest BCUT2D eigenvalue weighted by Gasteiger charge is -2.31. The van der Waals surface area contributed by atoms with Crippen molar-refractivity contribution in [3.8, 4) is 0 Å². The van der Waals surface area contributed by atoms with E-state index in [1.54, 1.807) is 24.3 Å². The molecular weight excluding hydrogens is 350 g/mol. The molecule has 1 fully saturated rings. The highest BCUT2D eigenvalue weighted by atomic mass is 32.2. The van der Waals surface area contributed by atoms with Crippen molar-refractivity contribution in [3.63, 3.8) is 0 Å². The molecular formula is C19H32N3O3S+. The molecule has 0 radical (unpaired) electrons. The second-order valence-electron chi connectivity index (χ2n) is 7.44. The first-order chi connectivity index (χ1) is 12.3. The maximum atomic E-state index is 12.5. The second-order valence-corrected chi connectivity index (χ2v) is 9.38. The first-order valence-corrected chi connectivity index (χ1v) is 10.9. The van der Waals surface area contributed by atoms with Crippen LogP contribution in [0.4, 0.5) is 5.69 Å². The number of hydrogen-bond donors (Lipinski definition) is 2. The van der Waals surface area contributed by atoms with Crippen LogP contribution in [0.15, 0.2) is 29.2 Å². The van der Waals surface area contributed by atoms with Crippen molar-refractivity contribution in [2.24, 2.45) is 11.8 Å². The van der Waals surface area contributed by atoms with Crippen LogP contribution in [-0.2, 0) is 14.8 Å². The SMILES string of the molecule is CCN(CC)S(=O)(=O)c1ccc(NC(=O)C[NH+]2C[C@H](C)C[C@H](C)C2)cc1. The number of nitrogens with one attached hydrogen (secondary N) is 2. The monoisotopic (exact) mass is 382 g/mol. The molecule has 1 aliphatic rings. The van der Waals surface area contributed by atoms with E-state index in [0.717, 1.165) is 13.1 Å². The maximum Gasteiger partial charge on any atom is 0.279 e. The molecule has 26 heavy (non-hydrogen) atoms. The van der Waals surface area contributed by atoms with Crippen LogP contribution >= 0.6 is 0 Å². The average Bonchev–Trinajstić information content (AvgIpc) is 2.55. The van der Waals surface area contributed by atoms with Crippen LogP contribution in [0.1, 0.15) is 34.1 Å². The summed E-state index contributed by atoms with van der Waals surface area (Å²) in [6.45, 7) is 11.5. The summed E-state index contributed by atoms with van der Waals surface area (Å²) >= 11 is 0. The quantitative estimate of drug-likeness (QED) is 0.745. The smallest absolute Gasteiger partial charge is 0.279 e. The van der Waals surface area contributed by atoms with Crippen LogP contribution in [0.5, 0.6) is 0 Å². The molecule has 146 valence electrons. The molecule has 0 saturated carbocycles. The highest BCUT2D eigenvalue weighted by molar-refractivity contribution is 7.89. The van der Waals surface area contributed by atoms with E-state index in [4.69, 9.17) is 0 Å². The summed E-state index contributed by atoms with van der Waals surface area (Å²) in [5, 5.41) is 2.89. The van der Waals surface area contributed by atoms with Gasteiger partial charge in [-0.1, -0.05) is 27.7 Å². The number of quaternary nitrogens is 1. The van der Waals surface area contributed by atoms with Crippen molar-refractivity contribution >= 4 is 21.6 Å². The Morgan fingerprint density at radius 3 is 2.15 bits per heavy atom. The summed E-state index contributed by atoms with van der Waals surface area (Å²) in [5.41, 5.74) is 0.631. The van der Waals surface area contributed by atoms with Gasteiger partial charge in [0.15, 0.2) is 6.54 Å². The lowest BCUT2D eigenvalue weighted by atomic mass is 9.92. The zero-order valence-corrected chi connectivity index (χ0v) is 17.1. The first kappa shape index (κ1) is 20.9. The number of likely N-dealkylation sites (tertiary alicyclic amines) is 1. The number of sulfonamides is 1. The Kier molecular flexibility index (Phi) is 7.20. The second kappa shape index (κ2) is 8.97. The van der Waals surface area contributed by atoms with Crippen LogP contribution in [0.3, 0.4) is 0 Å². The van der Waals surface area contributed by atoms with Crippen molar-refractivity contribution in [3.05, 3.63) is 24.3 Å². The Balaban J connectivity index is 1.97. The molecule has 1 saturated heterocycles. The number of carbonyl (C=O) groups is 1. The van der Waals surface area contributed by atoms with Crippen molar-refractivity contribution < 1.29 is 18.1 Å². The fourth-order valence-corrected chi connectivity index (χ4v) is 5.38. The van der Waals surface area contributed by atoms with E-state index in [1.165, 1.54) is 15.6 Å². The Labute approximate surface area is 157 Å². The highest BCUT2D eigenvalue weighted by Crippen LogP contribution is 2.18. The minimum atomic E-state index is -3.46. The largest absolute Gasteiger partial charge is 0.327 e. The zero-order valence-electron chi connectivity index (χ0n) is 16.3. The van der Waals surface area contributed by atoms with Crippen molar-refractivity contribution in [1.82, 2.24) is 4.31 Å². The minimum absolute atomic E-state index is 0.0272. The Bertz CT molecular complexity index is 689. The van der Waals surface area contributed by atoms with Gasteiger partial charge in [0.2, 0.25) is 10.0 Å². The summed E-state index contributed by atoms with van der Waals surface area (Å²) < 4.78 is 26.4. The molecule has 1 unspecified atom stereocenters. The normalized spacial score (nSPS) is 23.8. The van der Waals surface area contributed by atoms with E-state index in [9.17, 15) is 13.2 Å². The minimum Gasteiger partial charge on any atom is -0.327 e. The molecule has 1 aliphatic heterocycles. The number of nitrogens with zero attached hydrogens (tertiary/aromatic N) is 1. The van der Waals surface area contributed by atoms with E-state index in [-0.39, 0.29) is 10.8 Å². The number of hydrogen-bond acceptors (Lipinski definition) is 3. The standard InChI is InChI=1S/C19H31N3O3S/c1-5-22(6-2)26(24,25)18-9-7-17(8-10-18)20-19(23)14-21-12-15(3)11-16(4)13-21/h7-10,15-16H,5-6,11-14H2,1-4H3,(H,20,23)/p+1/t15-,16+. The van der Waals surface area contributed by atoms with Crippen LogP contribution in [0.2, 0.25) is 0 Å². The Hall–Kier alpha value is -1.44. The van der Waals surface area contributed by atoms with Crippen molar-refractivity contribution in [2.45, 2.75) is 39.0 Å². The van der Waals surface area contributed by atoms with E-state index in [1.807, 2.05) is 13.8 Å². The summed E-state index contributed by atoms with van der Waals surface area (Å²) in [7, 11) is -3.46. The van der Waals surface area contributed by atoms with Gasteiger partial charge >= 0.3 is 0 Å². The highest BCUT2D eigenvalue weighted by Gasteiger charge is 2.27. The summed E-state index contributed by atoms with van der Waals surface area (Å²) in [4.78, 5) is 13.9. The lowest BCUT2D eigenvalue weighted by molar-refractivity contribution is -0.904. The molecule has 6 nitrogen and oxygen atoms in total. The van der Waals surface area contributed by atoms with E-state index in [0.29, 0.717) is 37.2 Å². The molecule has 1 heterocycles. The molecule has 2 rings (SSSR count). The molecule has 0 bridgehead atoms. The third-order valence-electron chi connectivity index (χ3n) is 4.97. The predicted octanol–water partition coefficient (Wildman–Crippen LogP) is 1.22. The third kappa shape index (κ3) is 5.28. The summed E-state index contributed by atoms with van der Waals surface area (Å²) in [5.74, 6) is 1.26. The van der Waals surface area contributed by atoms with Crippen molar-refractivity contribution in [1.29, 1.82) is 0 Å². The molecule has 0 spiro atoms. The van der Waals surface area contributed by atoms with Crippen LogP contribution in [-0.4, -0.2) is 51.4 Å². The number of rotatable bonds is 7. The molecule has 1 aromatic rings. The van der Waals surface area contributed by atoms with Gasteiger partial charge in [-0.25, -0.2) is 8.42 Å². The van der Waals surface area contributed by atoms with Gasteiger partial charge in [-0.15, -0.1) is 0 Å². The Morgan fingerprint density at radius 2 is 1.65 bits per heavy atom. The number of carbonyl (C=O) groups excluding carboxylic acids is 1. The number of anilines is 1. The molecule has 1 amide bonds. The average molecular weight is 383 g/mol. The van der Waals surface area contributed by atoms with Gasteiger partial charge < -0.3 is 10.2 Å². The van der Waals surface area contributed by atoms with Crippen LogP contribution < -0.4 is 10.2 Å². The van der Waals surface area contributed by atoms with Gasteiger partial charge in [-0.3, -0.25) is 4.79 Å². The molecule has 7 heteroatoms. The molecule has 0 aromatic heterocycles. The first-order valence-electron chi connectivity index (χ1n) is 9.49. The molecule has 3 atom stereocenters. The Morgan fingerprint density at radius 1 is 1.12 bits per heavy atom. The fourth-order valence-electron chi connectivity index (χ4n) is 3.92. The van der Waals surface area contributed by atoms with Crippen molar-refractivity contribution in [2.75, 3.05) is 38.0 Å². The third-order valence-corrected chi connectivity index (χ3v) is 7.03. The van der Waals surface area contributed by atoms with Gasteiger partial charge in [0.25, 0.3) is 5.91 Å². The fraction of sp³-hybridized carbons (Fsp3) is 0.632. The van der Waals surface area contributed by atoms with Gasteiger partial charge in [-0.05, 0) is 30.7 Å².